The van der Waals surface area contributed by atoms with E-state index in [0.717, 1.165) is 35.7 Å². The van der Waals surface area contributed by atoms with Gasteiger partial charge in [0.1, 0.15) is 11.6 Å². The summed E-state index contributed by atoms with van der Waals surface area (Å²) in [7, 11) is 0. The summed E-state index contributed by atoms with van der Waals surface area (Å²) in [4.78, 5) is 16.4. The van der Waals surface area contributed by atoms with Crippen LogP contribution < -0.4 is 9.64 Å². The summed E-state index contributed by atoms with van der Waals surface area (Å²) in [6, 6.07) is 12.5. The highest BCUT2D eigenvalue weighted by Gasteiger charge is 2.21. The number of aryl methyl sites for hydroxylation is 2. The van der Waals surface area contributed by atoms with E-state index in [-0.39, 0.29) is 18.3 Å². The number of anilines is 1. The first-order valence-electron chi connectivity index (χ1n) is 8.51. The van der Waals surface area contributed by atoms with Crippen LogP contribution in [-0.4, -0.2) is 43.6 Å². The zero-order chi connectivity index (χ0) is 17.8. The molecule has 0 aromatic heterocycles. The normalized spacial score (nSPS) is 14.5. The molecule has 132 valence electrons. The van der Waals surface area contributed by atoms with Gasteiger partial charge in [0.15, 0.2) is 6.61 Å². The molecule has 1 saturated heterocycles. The zero-order valence-corrected chi connectivity index (χ0v) is 14.7. The molecule has 3 rings (SSSR count). The van der Waals surface area contributed by atoms with Gasteiger partial charge in [0.05, 0.1) is 0 Å². The van der Waals surface area contributed by atoms with E-state index in [1.165, 1.54) is 12.1 Å². The van der Waals surface area contributed by atoms with Crippen LogP contribution in [0.15, 0.2) is 42.5 Å². The molecular formula is C20H23FN2O2. The SMILES string of the molecule is Cc1ccc(C)c(OCC(=O)N2CCN(c3ccc(F)cc3)CC2)c1. The second-order valence-corrected chi connectivity index (χ2v) is 6.40. The Hall–Kier alpha value is -2.56. The Kier molecular flexibility index (Phi) is 5.22. The van der Waals surface area contributed by atoms with Gasteiger partial charge in [-0.3, -0.25) is 4.79 Å². The molecule has 0 spiro atoms. The fourth-order valence-electron chi connectivity index (χ4n) is 2.96. The number of amides is 1. The lowest BCUT2D eigenvalue weighted by Crippen LogP contribution is -2.50. The molecule has 1 amide bonds. The number of benzene rings is 2. The maximum atomic E-state index is 13.0. The quantitative estimate of drug-likeness (QED) is 0.856. The van der Waals surface area contributed by atoms with Crippen LogP contribution in [-0.2, 0) is 4.79 Å². The average molecular weight is 342 g/mol. The second kappa shape index (κ2) is 7.55. The minimum absolute atomic E-state index is 0.000313. The first kappa shape index (κ1) is 17.3. The van der Waals surface area contributed by atoms with Gasteiger partial charge in [-0.1, -0.05) is 12.1 Å². The number of rotatable bonds is 4. The number of halogens is 1. The summed E-state index contributed by atoms with van der Waals surface area (Å²) in [5.41, 5.74) is 3.13. The molecule has 2 aromatic rings. The molecule has 0 unspecified atom stereocenters. The van der Waals surface area contributed by atoms with Gasteiger partial charge in [0.2, 0.25) is 0 Å². The fraction of sp³-hybridized carbons (Fsp3) is 0.350. The number of hydrogen-bond acceptors (Lipinski definition) is 3. The van der Waals surface area contributed by atoms with E-state index in [1.54, 1.807) is 12.1 Å². The number of hydrogen-bond donors (Lipinski definition) is 0. The summed E-state index contributed by atoms with van der Waals surface area (Å²) >= 11 is 0. The minimum atomic E-state index is -0.235. The Morgan fingerprint density at radius 1 is 1.04 bits per heavy atom. The van der Waals surface area contributed by atoms with Crippen molar-refractivity contribution in [3.8, 4) is 5.75 Å². The van der Waals surface area contributed by atoms with Gasteiger partial charge in [-0.05, 0) is 55.3 Å². The van der Waals surface area contributed by atoms with Crippen LogP contribution in [0.1, 0.15) is 11.1 Å². The summed E-state index contributed by atoms with van der Waals surface area (Å²) in [6.07, 6.45) is 0. The van der Waals surface area contributed by atoms with E-state index in [4.69, 9.17) is 4.74 Å². The lowest BCUT2D eigenvalue weighted by Gasteiger charge is -2.36. The van der Waals surface area contributed by atoms with E-state index in [9.17, 15) is 9.18 Å². The van der Waals surface area contributed by atoms with Gasteiger partial charge in [-0.2, -0.15) is 0 Å². The molecule has 1 fully saturated rings. The first-order chi connectivity index (χ1) is 12.0. The Balaban J connectivity index is 1.51. The molecule has 1 aliphatic rings. The van der Waals surface area contributed by atoms with Crippen molar-refractivity contribution in [2.45, 2.75) is 13.8 Å². The Morgan fingerprint density at radius 3 is 2.40 bits per heavy atom. The third-order valence-electron chi connectivity index (χ3n) is 4.52. The van der Waals surface area contributed by atoms with Crippen molar-refractivity contribution in [3.63, 3.8) is 0 Å². The molecule has 0 atom stereocenters. The topological polar surface area (TPSA) is 32.8 Å². The largest absolute Gasteiger partial charge is 0.483 e. The highest BCUT2D eigenvalue weighted by Crippen LogP contribution is 2.20. The fourth-order valence-corrected chi connectivity index (χ4v) is 2.96. The lowest BCUT2D eigenvalue weighted by atomic mass is 10.1. The van der Waals surface area contributed by atoms with Crippen LogP contribution in [0.4, 0.5) is 10.1 Å². The standard InChI is InChI=1S/C20H23FN2O2/c1-15-3-4-16(2)19(13-15)25-14-20(24)23-11-9-22(10-12-23)18-7-5-17(21)6-8-18/h3-8,13H,9-12,14H2,1-2H3. The number of carbonyl (C=O) groups excluding carboxylic acids is 1. The van der Waals surface area contributed by atoms with E-state index < -0.39 is 0 Å². The number of piperazine rings is 1. The predicted molar refractivity (Wildman–Crippen MR) is 96.6 cm³/mol. The molecular weight excluding hydrogens is 319 g/mol. The molecule has 0 radical (unpaired) electrons. The van der Waals surface area contributed by atoms with Crippen molar-refractivity contribution in [3.05, 3.63) is 59.4 Å². The summed E-state index contributed by atoms with van der Waals surface area (Å²) in [5, 5.41) is 0. The summed E-state index contributed by atoms with van der Waals surface area (Å²) in [5.74, 6) is 0.527. The van der Waals surface area contributed by atoms with Crippen molar-refractivity contribution >= 4 is 11.6 Å². The van der Waals surface area contributed by atoms with Gasteiger partial charge in [0, 0.05) is 31.9 Å². The maximum Gasteiger partial charge on any atom is 0.260 e. The van der Waals surface area contributed by atoms with E-state index in [2.05, 4.69) is 4.90 Å². The molecule has 1 aliphatic heterocycles. The highest BCUT2D eigenvalue weighted by molar-refractivity contribution is 5.78. The smallest absolute Gasteiger partial charge is 0.260 e. The molecule has 0 bridgehead atoms. The molecule has 0 saturated carbocycles. The van der Waals surface area contributed by atoms with Gasteiger partial charge in [-0.15, -0.1) is 0 Å². The molecule has 0 aliphatic carbocycles. The van der Waals surface area contributed by atoms with Crippen LogP contribution >= 0.6 is 0 Å². The monoisotopic (exact) mass is 342 g/mol. The zero-order valence-electron chi connectivity index (χ0n) is 14.7. The maximum absolute atomic E-state index is 13.0. The van der Waals surface area contributed by atoms with Gasteiger partial charge < -0.3 is 14.5 Å². The second-order valence-electron chi connectivity index (χ2n) is 6.40. The van der Waals surface area contributed by atoms with Crippen molar-refractivity contribution in [2.75, 3.05) is 37.7 Å². The summed E-state index contributed by atoms with van der Waals surface area (Å²) in [6.45, 7) is 6.80. The van der Waals surface area contributed by atoms with Crippen LogP contribution in [0.5, 0.6) is 5.75 Å². The third kappa shape index (κ3) is 4.29. The highest BCUT2D eigenvalue weighted by atomic mass is 19.1. The van der Waals surface area contributed by atoms with E-state index in [1.807, 2.05) is 36.9 Å². The molecule has 5 heteroatoms. The molecule has 4 nitrogen and oxygen atoms in total. The Bertz CT molecular complexity index is 738. The van der Waals surface area contributed by atoms with Gasteiger partial charge in [-0.25, -0.2) is 4.39 Å². The van der Waals surface area contributed by atoms with Crippen LogP contribution in [0.25, 0.3) is 0 Å². The molecule has 0 N–H and O–H groups in total. The molecule has 1 heterocycles. The van der Waals surface area contributed by atoms with Crippen LogP contribution in [0, 0.1) is 19.7 Å². The number of nitrogens with zero attached hydrogens (tertiary/aromatic N) is 2. The van der Waals surface area contributed by atoms with E-state index in [0.29, 0.717) is 13.1 Å². The minimum Gasteiger partial charge on any atom is -0.483 e. The average Bonchev–Trinajstić information content (AvgIpc) is 2.63. The van der Waals surface area contributed by atoms with E-state index >= 15 is 0 Å². The Labute approximate surface area is 147 Å². The van der Waals surface area contributed by atoms with Crippen molar-refractivity contribution in [2.24, 2.45) is 0 Å². The lowest BCUT2D eigenvalue weighted by molar-refractivity contribution is -0.133. The first-order valence-corrected chi connectivity index (χ1v) is 8.51. The van der Waals surface area contributed by atoms with Crippen LogP contribution in [0.2, 0.25) is 0 Å². The Morgan fingerprint density at radius 2 is 1.72 bits per heavy atom. The van der Waals surface area contributed by atoms with Gasteiger partial charge >= 0.3 is 0 Å². The predicted octanol–water partition coefficient (Wildman–Crippen LogP) is 3.17. The van der Waals surface area contributed by atoms with Crippen molar-refractivity contribution < 1.29 is 13.9 Å². The van der Waals surface area contributed by atoms with Crippen molar-refractivity contribution in [1.29, 1.82) is 0 Å². The number of carbonyl (C=O) groups is 1. The third-order valence-corrected chi connectivity index (χ3v) is 4.52. The molecule has 2 aromatic carbocycles. The van der Waals surface area contributed by atoms with Crippen molar-refractivity contribution in [1.82, 2.24) is 4.90 Å². The van der Waals surface area contributed by atoms with Crippen LogP contribution in [0.3, 0.4) is 0 Å². The van der Waals surface area contributed by atoms with Gasteiger partial charge in [0.25, 0.3) is 5.91 Å². The summed E-state index contributed by atoms with van der Waals surface area (Å²) < 4.78 is 18.7. The molecule has 25 heavy (non-hydrogen) atoms. The number of ether oxygens (including phenoxy) is 1.